The Morgan fingerprint density at radius 1 is 1.11 bits per heavy atom. The van der Waals surface area contributed by atoms with E-state index in [2.05, 4.69) is 25.7 Å². The first-order valence-electron chi connectivity index (χ1n) is 8.50. The summed E-state index contributed by atoms with van der Waals surface area (Å²) in [6.07, 6.45) is 8.55. The van der Waals surface area contributed by atoms with Gasteiger partial charge >= 0.3 is 0 Å². The molecular formula is C17H33NO. The average molecular weight is 267 g/mol. The zero-order chi connectivity index (χ0) is 13.7. The molecule has 1 heterocycles. The lowest BCUT2D eigenvalue weighted by Gasteiger charge is -2.37. The maximum Gasteiger partial charge on any atom is 0.0608 e. The molecule has 2 nitrogen and oxygen atoms in total. The van der Waals surface area contributed by atoms with Crippen LogP contribution < -0.4 is 0 Å². The minimum Gasteiger partial charge on any atom is -0.378 e. The van der Waals surface area contributed by atoms with Crippen molar-refractivity contribution in [3.8, 4) is 0 Å². The van der Waals surface area contributed by atoms with Gasteiger partial charge in [-0.25, -0.2) is 0 Å². The smallest absolute Gasteiger partial charge is 0.0608 e. The predicted molar refractivity (Wildman–Crippen MR) is 81.4 cm³/mol. The van der Waals surface area contributed by atoms with Crippen LogP contribution in [0, 0.1) is 17.8 Å². The number of rotatable bonds is 8. The third-order valence-corrected chi connectivity index (χ3v) is 4.95. The Bertz CT molecular complexity index is 250. The third-order valence-electron chi connectivity index (χ3n) is 4.95. The molecule has 0 amide bonds. The summed E-state index contributed by atoms with van der Waals surface area (Å²) in [7, 11) is 0. The molecule has 0 aromatic heterocycles. The molecule has 1 saturated carbocycles. The molecule has 0 N–H and O–H groups in total. The van der Waals surface area contributed by atoms with E-state index in [1.54, 1.807) is 0 Å². The van der Waals surface area contributed by atoms with Crippen molar-refractivity contribution in [2.75, 3.05) is 26.2 Å². The molecule has 0 spiro atoms. The molecule has 3 unspecified atom stereocenters. The topological polar surface area (TPSA) is 12.2 Å². The van der Waals surface area contributed by atoms with Crippen LogP contribution in [0.1, 0.15) is 59.3 Å². The van der Waals surface area contributed by atoms with E-state index >= 15 is 0 Å². The van der Waals surface area contributed by atoms with Gasteiger partial charge in [0.05, 0.1) is 6.10 Å². The van der Waals surface area contributed by atoms with Gasteiger partial charge in [-0.1, -0.05) is 27.2 Å². The van der Waals surface area contributed by atoms with Gasteiger partial charge in [0.1, 0.15) is 0 Å². The molecule has 0 aromatic carbocycles. The van der Waals surface area contributed by atoms with Gasteiger partial charge < -0.3 is 9.64 Å². The van der Waals surface area contributed by atoms with Crippen LogP contribution in [-0.2, 0) is 4.74 Å². The zero-order valence-electron chi connectivity index (χ0n) is 13.2. The van der Waals surface area contributed by atoms with Crippen molar-refractivity contribution in [3.63, 3.8) is 0 Å². The number of hydrogen-bond donors (Lipinski definition) is 0. The van der Waals surface area contributed by atoms with E-state index in [-0.39, 0.29) is 0 Å². The highest BCUT2D eigenvalue weighted by molar-refractivity contribution is 4.81. The highest BCUT2D eigenvalue weighted by Gasteiger charge is 2.31. The highest BCUT2D eigenvalue weighted by atomic mass is 16.5. The van der Waals surface area contributed by atoms with Gasteiger partial charge in [0.15, 0.2) is 0 Å². The summed E-state index contributed by atoms with van der Waals surface area (Å²) in [5.74, 6) is 2.44. The summed E-state index contributed by atoms with van der Waals surface area (Å²) in [6.45, 7) is 12.1. The maximum absolute atomic E-state index is 6.24. The van der Waals surface area contributed by atoms with Crippen LogP contribution in [0.2, 0.25) is 0 Å². The minimum absolute atomic E-state index is 0.538. The first-order valence-corrected chi connectivity index (χ1v) is 8.50. The fraction of sp³-hybridized carbons (Fsp3) is 1.00. The minimum atomic E-state index is 0.538. The van der Waals surface area contributed by atoms with Gasteiger partial charge in [0.2, 0.25) is 0 Å². The summed E-state index contributed by atoms with van der Waals surface area (Å²) in [4.78, 5) is 2.51. The molecular weight excluding hydrogens is 234 g/mol. The molecule has 2 rings (SSSR count). The normalized spacial score (nSPS) is 31.9. The van der Waals surface area contributed by atoms with E-state index in [1.807, 2.05) is 0 Å². The number of nitrogens with zero attached hydrogens (tertiary/aromatic N) is 1. The Hall–Kier alpha value is -0.0800. The molecule has 2 fully saturated rings. The van der Waals surface area contributed by atoms with Crippen molar-refractivity contribution in [2.45, 2.75) is 65.4 Å². The predicted octanol–water partition coefficient (Wildman–Crippen LogP) is 3.95. The lowest BCUT2D eigenvalue weighted by molar-refractivity contribution is -0.0394. The summed E-state index contributed by atoms with van der Waals surface area (Å²) in [6, 6.07) is 0. The summed E-state index contributed by atoms with van der Waals surface area (Å²) in [5.41, 5.74) is 0. The monoisotopic (exact) mass is 267 g/mol. The zero-order valence-corrected chi connectivity index (χ0v) is 13.2. The lowest BCUT2D eigenvalue weighted by atomic mass is 9.75. The standard InChI is InChI=1S/C17H33NO/c1-14(2)16-8-7-15(3)13-17(16)19-12-6-4-5-9-18-10-11-18/h14-17H,4-13H2,1-3H3. The van der Waals surface area contributed by atoms with Crippen LogP contribution in [0.25, 0.3) is 0 Å². The maximum atomic E-state index is 6.24. The summed E-state index contributed by atoms with van der Waals surface area (Å²) < 4.78 is 6.24. The van der Waals surface area contributed by atoms with E-state index in [1.165, 1.54) is 58.2 Å². The number of ether oxygens (including phenoxy) is 1. The van der Waals surface area contributed by atoms with E-state index < -0.39 is 0 Å². The second-order valence-corrected chi connectivity index (χ2v) is 7.14. The van der Waals surface area contributed by atoms with Gasteiger partial charge in [-0.05, 0) is 56.4 Å². The van der Waals surface area contributed by atoms with Crippen molar-refractivity contribution in [2.24, 2.45) is 17.8 Å². The Kier molecular flexibility index (Phi) is 6.15. The second-order valence-electron chi connectivity index (χ2n) is 7.14. The molecule has 1 aliphatic carbocycles. The van der Waals surface area contributed by atoms with Gasteiger partial charge in [-0.15, -0.1) is 0 Å². The van der Waals surface area contributed by atoms with Crippen LogP contribution in [0.4, 0.5) is 0 Å². The van der Waals surface area contributed by atoms with E-state index in [0.29, 0.717) is 6.10 Å². The Labute approximate surface area is 119 Å². The molecule has 3 atom stereocenters. The Morgan fingerprint density at radius 3 is 2.58 bits per heavy atom. The van der Waals surface area contributed by atoms with Crippen LogP contribution in [0.15, 0.2) is 0 Å². The molecule has 2 aliphatic rings. The van der Waals surface area contributed by atoms with Crippen LogP contribution in [0.3, 0.4) is 0 Å². The molecule has 1 saturated heterocycles. The van der Waals surface area contributed by atoms with Gasteiger partial charge in [0, 0.05) is 19.7 Å². The van der Waals surface area contributed by atoms with Gasteiger partial charge in [-0.2, -0.15) is 0 Å². The molecule has 2 heteroatoms. The average Bonchev–Trinajstić information content (AvgIpc) is 3.17. The fourth-order valence-electron chi connectivity index (χ4n) is 3.45. The number of hydrogen-bond acceptors (Lipinski definition) is 2. The van der Waals surface area contributed by atoms with Crippen LogP contribution in [0.5, 0.6) is 0 Å². The van der Waals surface area contributed by atoms with E-state index in [9.17, 15) is 0 Å². The van der Waals surface area contributed by atoms with E-state index in [4.69, 9.17) is 4.74 Å². The molecule has 0 bridgehead atoms. The van der Waals surface area contributed by atoms with Crippen LogP contribution in [-0.4, -0.2) is 37.2 Å². The van der Waals surface area contributed by atoms with Crippen molar-refractivity contribution in [3.05, 3.63) is 0 Å². The largest absolute Gasteiger partial charge is 0.378 e. The van der Waals surface area contributed by atoms with Crippen molar-refractivity contribution in [1.29, 1.82) is 0 Å². The quantitative estimate of drug-likeness (QED) is 0.487. The molecule has 1 aliphatic heterocycles. The van der Waals surface area contributed by atoms with Crippen molar-refractivity contribution < 1.29 is 4.74 Å². The highest BCUT2D eigenvalue weighted by Crippen LogP contribution is 2.35. The van der Waals surface area contributed by atoms with Crippen LogP contribution >= 0.6 is 0 Å². The van der Waals surface area contributed by atoms with Gasteiger partial charge in [0.25, 0.3) is 0 Å². The second kappa shape index (κ2) is 7.64. The first kappa shape index (κ1) is 15.3. The Morgan fingerprint density at radius 2 is 1.89 bits per heavy atom. The van der Waals surface area contributed by atoms with E-state index in [0.717, 1.165) is 24.4 Å². The summed E-state index contributed by atoms with van der Waals surface area (Å²) in [5, 5.41) is 0. The third kappa shape index (κ3) is 5.43. The van der Waals surface area contributed by atoms with Crippen molar-refractivity contribution in [1.82, 2.24) is 4.90 Å². The molecule has 0 radical (unpaired) electrons. The first-order chi connectivity index (χ1) is 9.16. The summed E-state index contributed by atoms with van der Waals surface area (Å²) >= 11 is 0. The molecule has 112 valence electrons. The fourth-order valence-corrected chi connectivity index (χ4v) is 3.45. The SMILES string of the molecule is CC1CCC(C(C)C)C(OCCCCCN2CC2)C1. The number of unbranched alkanes of at least 4 members (excludes halogenated alkanes) is 2. The lowest BCUT2D eigenvalue weighted by Crippen LogP contribution is -2.34. The molecule has 19 heavy (non-hydrogen) atoms. The van der Waals surface area contributed by atoms with Gasteiger partial charge in [-0.3, -0.25) is 0 Å². The Balaban J connectivity index is 1.58. The molecule has 0 aromatic rings. The van der Waals surface area contributed by atoms with Crippen molar-refractivity contribution >= 4 is 0 Å².